The van der Waals surface area contributed by atoms with Crippen LogP contribution in [0, 0.1) is 18.8 Å². The number of fused-ring (bicyclic) bond motifs is 1. The summed E-state index contributed by atoms with van der Waals surface area (Å²) >= 11 is 0. The van der Waals surface area contributed by atoms with Crippen LogP contribution in [-0.4, -0.2) is 151 Å². The summed E-state index contributed by atoms with van der Waals surface area (Å²) in [7, 11) is 2.00. The zero-order valence-electron chi connectivity index (χ0n) is 35.0. The third kappa shape index (κ3) is 16.3. The number of nitrogens with two attached hydrogens (primary N) is 1. The number of likely N-dealkylation sites (N-methyl/N-ethyl adjacent to an activating group) is 1. The van der Waals surface area contributed by atoms with Crippen molar-refractivity contribution in [3.8, 4) is 17.6 Å². The zero-order valence-corrected chi connectivity index (χ0v) is 35.0. The molecule has 5 rings (SSSR count). The van der Waals surface area contributed by atoms with E-state index in [1.54, 1.807) is 30.5 Å². The smallest absolute Gasteiger partial charge is 0.416 e. The van der Waals surface area contributed by atoms with Crippen molar-refractivity contribution in [1.82, 2.24) is 19.2 Å². The lowest BCUT2D eigenvalue weighted by Crippen LogP contribution is -2.44. The molecule has 4 aromatic rings. The number of carbonyl (C=O) groups is 1. The summed E-state index contributed by atoms with van der Waals surface area (Å²) in [5.41, 5.74) is 7.80. The topological polar surface area (TPSA) is 144 Å². The maximum atomic E-state index is 14.1. The monoisotopic (exact) mass is 854 g/mol. The molecule has 0 saturated carbocycles. The molecule has 14 nitrogen and oxygen atoms in total. The van der Waals surface area contributed by atoms with Crippen molar-refractivity contribution in [2.24, 2.45) is 5.73 Å². The fourth-order valence-corrected chi connectivity index (χ4v) is 6.18. The SMILES string of the molecule is Cc1ccc(C(=O)Nc2ccc(CN3CCN(C)CC3)c(C(F)(F)F)c2)cc1C#Cc1cnc2cc(OCCOCCOCCOCCOCCOCCOCCN)ccn12. The molecule has 1 saturated heterocycles. The average Bonchev–Trinajstić information content (AvgIpc) is 3.65. The molecule has 0 spiro atoms. The molecule has 3 N–H and O–H groups in total. The van der Waals surface area contributed by atoms with Crippen molar-refractivity contribution in [3.05, 3.63) is 94.4 Å². The molecule has 0 bridgehead atoms. The molecule has 0 aliphatic carbocycles. The number of benzene rings is 2. The van der Waals surface area contributed by atoms with E-state index in [4.69, 9.17) is 38.9 Å². The Labute approximate surface area is 355 Å². The van der Waals surface area contributed by atoms with Crippen LogP contribution in [0.5, 0.6) is 5.75 Å². The highest BCUT2D eigenvalue weighted by Gasteiger charge is 2.34. The van der Waals surface area contributed by atoms with Gasteiger partial charge < -0.3 is 49.1 Å². The highest BCUT2D eigenvalue weighted by Crippen LogP contribution is 2.35. The van der Waals surface area contributed by atoms with E-state index in [1.807, 2.05) is 35.5 Å². The number of piperazine rings is 1. The number of imidazole rings is 1. The minimum Gasteiger partial charge on any atom is -0.491 e. The Hall–Kier alpha value is -4.61. The number of aryl methyl sites for hydroxylation is 1. The van der Waals surface area contributed by atoms with Crippen LogP contribution in [-0.2, 0) is 41.1 Å². The molecule has 1 aliphatic heterocycles. The molecular weight excluding hydrogens is 798 g/mol. The number of rotatable bonds is 25. The van der Waals surface area contributed by atoms with Crippen molar-refractivity contribution >= 4 is 17.2 Å². The second-order valence-electron chi connectivity index (χ2n) is 14.2. The first-order chi connectivity index (χ1) is 29.6. The molecule has 17 heteroatoms. The lowest BCUT2D eigenvalue weighted by molar-refractivity contribution is -0.138. The summed E-state index contributed by atoms with van der Waals surface area (Å²) in [6.07, 6.45) is -1.11. The van der Waals surface area contributed by atoms with Crippen molar-refractivity contribution in [2.75, 3.05) is 131 Å². The normalized spacial score (nSPS) is 13.7. The molecule has 3 heterocycles. The Morgan fingerprint density at radius 1 is 0.770 bits per heavy atom. The average molecular weight is 855 g/mol. The largest absolute Gasteiger partial charge is 0.491 e. The van der Waals surface area contributed by atoms with Gasteiger partial charge in [-0.05, 0) is 61.4 Å². The van der Waals surface area contributed by atoms with Crippen molar-refractivity contribution < 1.29 is 51.1 Å². The summed E-state index contributed by atoms with van der Waals surface area (Å²) in [6.45, 7) is 11.6. The summed E-state index contributed by atoms with van der Waals surface area (Å²) in [5.74, 6) is 6.34. The molecule has 332 valence electrons. The minimum absolute atomic E-state index is 0.0655. The summed E-state index contributed by atoms with van der Waals surface area (Å²) in [5, 5.41) is 2.64. The fourth-order valence-electron chi connectivity index (χ4n) is 6.18. The molecule has 0 atom stereocenters. The molecule has 2 aromatic carbocycles. The van der Waals surface area contributed by atoms with E-state index >= 15 is 0 Å². The molecule has 1 aliphatic rings. The summed E-state index contributed by atoms with van der Waals surface area (Å²) < 4.78 is 82.7. The molecule has 61 heavy (non-hydrogen) atoms. The van der Waals surface area contributed by atoms with Gasteiger partial charge in [0.15, 0.2) is 0 Å². The maximum absolute atomic E-state index is 14.1. The van der Waals surface area contributed by atoms with E-state index in [2.05, 4.69) is 27.0 Å². The number of halogens is 3. The Bertz CT molecular complexity index is 2010. The molecular formula is C44H57F3N6O8. The molecule has 1 amide bonds. The lowest BCUT2D eigenvalue weighted by atomic mass is 10.0. The Morgan fingerprint density at radius 3 is 1.98 bits per heavy atom. The predicted molar refractivity (Wildman–Crippen MR) is 224 cm³/mol. The van der Waals surface area contributed by atoms with Gasteiger partial charge in [-0.25, -0.2) is 4.98 Å². The third-order valence-electron chi connectivity index (χ3n) is 9.59. The third-order valence-corrected chi connectivity index (χ3v) is 9.59. The van der Waals surface area contributed by atoms with Crippen LogP contribution in [0.3, 0.4) is 0 Å². The van der Waals surface area contributed by atoms with E-state index < -0.39 is 17.6 Å². The van der Waals surface area contributed by atoms with Crippen LogP contribution in [0.15, 0.2) is 60.9 Å². The first-order valence-electron chi connectivity index (χ1n) is 20.4. The Morgan fingerprint density at radius 2 is 1.38 bits per heavy atom. The standard InChI is InChI=1S/C44H57F3N6O8/c1-34-3-4-36(43(54)50-38-7-5-37(41(30-38)44(45,46)47)33-52-14-12-51(2)13-15-52)29-35(34)6-8-39-32-49-42-31-40(9-11-53(39)42)61-28-27-60-26-25-59-24-23-58-22-21-57-20-19-56-18-17-55-16-10-48/h3-5,7,9,11,29-32H,10,12-28,33,48H2,1-2H3,(H,50,54). The zero-order chi connectivity index (χ0) is 43.3. The molecule has 1 fully saturated rings. The Kier molecular flexibility index (Phi) is 19.7. The first kappa shape index (κ1) is 47.4. The van der Waals surface area contributed by atoms with Gasteiger partial charge in [-0.2, -0.15) is 13.2 Å². The first-order valence-corrected chi connectivity index (χ1v) is 20.4. The highest BCUT2D eigenvalue weighted by atomic mass is 19.4. The van der Waals surface area contributed by atoms with Gasteiger partial charge in [-0.1, -0.05) is 18.1 Å². The quantitative estimate of drug-likeness (QED) is 0.0717. The highest BCUT2D eigenvalue weighted by molar-refractivity contribution is 6.04. The van der Waals surface area contributed by atoms with Crippen LogP contribution in [0.4, 0.5) is 18.9 Å². The van der Waals surface area contributed by atoms with Gasteiger partial charge in [-0.15, -0.1) is 0 Å². The van der Waals surface area contributed by atoms with Crippen molar-refractivity contribution in [1.29, 1.82) is 0 Å². The number of hydrogen-bond acceptors (Lipinski definition) is 12. The fraction of sp³-hybridized carbons (Fsp3) is 0.500. The van der Waals surface area contributed by atoms with E-state index in [1.165, 1.54) is 12.1 Å². The lowest BCUT2D eigenvalue weighted by Gasteiger charge is -2.33. The molecule has 0 unspecified atom stereocenters. The van der Waals surface area contributed by atoms with Crippen molar-refractivity contribution in [2.45, 2.75) is 19.6 Å². The van der Waals surface area contributed by atoms with Gasteiger partial charge in [-0.3, -0.25) is 14.1 Å². The van der Waals surface area contributed by atoms with Crippen LogP contribution < -0.4 is 15.8 Å². The number of carbonyl (C=O) groups excluding carboxylic acids is 1. The second-order valence-corrected chi connectivity index (χ2v) is 14.2. The number of ether oxygens (including phenoxy) is 7. The number of aromatic nitrogens is 2. The number of amides is 1. The van der Waals surface area contributed by atoms with Gasteiger partial charge >= 0.3 is 6.18 Å². The van der Waals surface area contributed by atoms with Gasteiger partial charge in [0.25, 0.3) is 5.91 Å². The van der Waals surface area contributed by atoms with Gasteiger partial charge in [0.05, 0.1) is 91.0 Å². The van der Waals surface area contributed by atoms with Crippen LogP contribution in [0.2, 0.25) is 0 Å². The summed E-state index contributed by atoms with van der Waals surface area (Å²) in [4.78, 5) is 21.9. The summed E-state index contributed by atoms with van der Waals surface area (Å²) in [6, 6.07) is 12.6. The number of anilines is 1. The van der Waals surface area contributed by atoms with Gasteiger partial charge in [0, 0.05) is 68.3 Å². The van der Waals surface area contributed by atoms with Crippen molar-refractivity contribution in [3.63, 3.8) is 0 Å². The number of nitrogens with one attached hydrogen (secondary N) is 1. The van der Waals surface area contributed by atoms with Crippen LogP contribution >= 0.6 is 0 Å². The van der Waals surface area contributed by atoms with E-state index in [-0.39, 0.29) is 23.4 Å². The maximum Gasteiger partial charge on any atom is 0.416 e. The van der Waals surface area contributed by atoms with Gasteiger partial charge in [0.1, 0.15) is 23.7 Å². The van der Waals surface area contributed by atoms with E-state index in [9.17, 15) is 18.0 Å². The van der Waals surface area contributed by atoms with Crippen LogP contribution in [0.25, 0.3) is 5.65 Å². The number of hydrogen-bond donors (Lipinski definition) is 2. The number of alkyl halides is 3. The number of pyridine rings is 1. The van der Waals surface area contributed by atoms with E-state index in [0.29, 0.717) is 128 Å². The minimum atomic E-state index is -4.57. The van der Waals surface area contributed by atoms with Crippen LogP contribution in [0.1, 0.15) is 38.3 Å². The number of nitrogens with zero attached hydrogens (tertiary/aromatic N) is 4. The van der Waals surface area contributed by atoms with Gasteiger partial charge in [0.2, 0.25) is 0 Å². The molecule has 2 aromatic heterocycles. The molecule has 0 radical (unpaired) electrons. The second kappa shape index (κ2) is 25.4. The predicted octanol–water partition coefficient (Wildman–Crippen LogP) is 4.50. The van der Waals surface area contributed by atoms with E-state index in [0.717, 1.165) is 24.7 Å². The Balaban J connectivity index is 1.00.